The Hall–Kier alpha value is -3.99. The summed E-state index contributed by atoms with van der Waals surface area (Å²) >= 11 is 0. The number of benzene rings is 1. The number of fused-ring (bicyclic) bond motifs is 1. The number of aryl methyl sites for hydroxylation is 1. The molecule has 1 aromatic carbocycles. The smallest absolute Gasteiger partial charge is 0.444 e. The molecule has 0 spiro atoms. The zero-order chi connectivity index (χ0) is 29.8. The Morgan fingerprint density at radius 3 is 2.53 bits per heavy atom. The number of nitrogens with zero attached hydrogens (tertiary/aromatic N) is 5. The third-order valence-corrected chi connectivity index (χ3v) is 8.72. The lowest BCUT2D eigenvalue weighted by atomic mass is 9.88. The molecule has 224 valence electrons. The van der Waals surface area contributed by atoms with Gasteiger partial charge in [-0.25, -0.2) is 4.98 Å². The van der Waals surface area contributed by atoms with E-state index in [0.29, 0.717) is 23.9 Å². The molecule has 0 amide bonds. The summed E-state index contributed by atoms with van der Waals surface area (Å²) in [7, 11) is 0. The third-order valence-electron chi connectivity index (χ3n) is 8.72. The summed E-state index contributed by atoms with van der Waals surface area (Å²) in [5, 5.41) is 5.80. The zero-order valence-corrected chi connectivity index (χ0v) is 24.1. The molecule has 1 atom stereocenters. The molecule has 5 heterocycles. The fourth-order valence-corrected chi connectivity index (χ4v) is 6.07. The SMILES string of the molecule is Cc1ccc(C2(C)Oc3cccc(C4CCN(Cc5ncc(-c6n[nH]c(C(F)(F)F)n6)cc5CC5CC5)CC4)c3O2)cn1. The molecule has 7 rings (SSSR count). The Morgan fingerprint density at radius 1 is 1.02 bits per heavy atom. The van der Waals surface area contributed by atoms with Crippen molar-refractivity contribution in [1.82, 2.24) is 30.0 Å². The average Bonchev–Trinajstić information content (AvgIpc) is 3.50. The molecule has 1 N–H and O–H groups in total. The van der Waals surface area contributed by atoms with Gasteiger partial charge in [-0.2, -0.15) is 18.3 Å². The largest absolute Gasteiger partial charge is 0.451 e. The maximum absolute atomic E-state index is 13.0. The molecule has 43 heavy (non-hydrogen) atoms. The number of nitrogens with one attached hydrogen (secondary N) is 1. The number of aromatic nitrogens is 5. The number of hydrogen-bond acceptors (Lipinski definition) is 7. The first-order valence-corrected chi connectivity index (χ1v) is 14.8. The minimum atomic E-state index is -4.57. The number of H-pyrrole nitrogens is 1. The molecule has 2 aliphatic heterocycles. The number of hydrogen-bond donors (Lipinski definition) is 1. The van der Waals surface area contributed by atoms with Crippen LogP contribution in [-0.4, -0.2) is 43.1 Å². The van der Waals surface area contributed by atoms with Crippen molar-refractivity contribution in [2.45, 2.75) is 70.4 Å². The summed E-state index contributed by atoms with van der Waals surface area (Å²) in [6.45, 7) is 6.38. The van der Waals surface area contributed by atoms with Gasteiger partial charge >= 0.3 is 6.18 Å². The highest BCUT2D eigenvalue weighted by Gasteiger charge is 2.41. The minimum Gasteiger partial charge on any atom is -0.444 e. The molecule has 3 aromatic heterocycles. The van der Waals surface area contributed by atoms with Crippen molar-refractivity contribution in [3.63, 3.8) is 0 Å². The van der Waals surface area contributed by atoms with Gasteiger partial charge in [-0.15, -0.1) is 0 Å². The van der Waals surface area contributed by atoms with Crippen LogP contribution in [0.15, 0.2) is 48.8 Å². The maximum Gasteiger partial charge on any atom is 0.451 e. The van der Waals surface area contributed by atoms with Crippen molar-refractivity contribution in [3.8, 4) is 22.9 Å². The van der Waals surface area contributed by atoms with Crippen molar-refractivity contribution in [2.24, 2.45) is 5.92 Å². The number of aromatic amines is 1. The predicted octanol–water partition coefficient (Wildman–Crippen LogP) is 6.57. The van der Waals surface area contributed by atoms with Crippen molar-refractivity contribution in [1.29, 1.82) is 0 Å². The monoisotopic (exact) mass is 590 g/mol. The summed E-state index contributed by atoms with van der Waals surface area (Å²) in [6, 6.07) is 12.0. The molecule has 0 bridgehead atoms. The van der Waals surface area contributed by atoms with Crippen LogP contribution in [0, 0.1) is 12.8 Å². The number of pyridine rings is 2. The minimum absolute atomic E-state index is 0.0144. The Kier molecular flexibility index (Phi) is 6.87. The van der Waals surface area contributed by atoms with E-state index in [2.05, 4.69) is 26.0 Å². The molecule has 0 radical (unpaired) electrons. The van der Waals surface area contributed by atoms with E-state index in [1.807, 2.05) is 55.5 Å². The molecular weight excluding hydrogens is 557 g/mol. The number of rotatable bonds is 7. The lowest BCUT2D eigenvalue weighted by Crippen LogP contribution is -2.33. The summed E-state index contributed by atoms with van der Waals surface area (Å²) in [6.07, 6.45) is 3.97. The highest BCUT2D eigenvalue weighted by molar-refractivity contribution is 5.55. The molecule has 4 aromatic rings. The molecular formula is C32H33F3N6O2. The molecule has 1 saturated heterocycles. The summed E-state index contributed by atoms with van der Waals surface area (Å²) in [5.41, 5.74) is 5.52. The van der Waals surface area contributed by atoms with Gasteiger partial charge in [-0.3, -0.25) is 20.0 Å². The second-order valence-corrected chi connectivity index (χ2v) is 12.0. The van der Waals surface area contributed by atoms with Crippen LogP contribution in [0.5, 0.6) is 11.5 Å². The van der Waals surface area contributed by atoms with Crippen LogP contribution in [0.1, 0.15) is 72.4 Å². The lowest BCUT2D eigenvalue weighted by molar-refractivity contribution is -0.144. The first kappa shape index (κ1) is 27.8. The van der Waals surface area contributed by atoms with Crippen LogP contribution >= 0.6 is 0 Å². The van der Waals surface area contributed by atoms with E-state index in [9.17, 15) is 13.2 Å². The van der Waals surface area contributed by atoms with Crippen molar-refractivity contribution < 1.29 is 22.6 Å². The third kappa shape index (κ3) is 5.70. The van der Waals surface area contributed by atoms with Gasteiger partial charge in [0.25, 0.3) is 5.79 Å². The number of likely N-dealkylation sites (tertiary alicyclic amines) is 1. The fourth-order valence-electron chi connectivity index (χ4n) is 6.07. The molecule has 2 fully saturated rings. The molecule has 1 aliphatic carbocycles. The number of halogens is 3. The van der Waals surface area contributed by atoms with Crippen molar-refractivity contribution in [3.05, 3.63) is 82.7 Å². The molecule has 8 nitrogen and oxygen atoms in total. The van der Waals surface area contributed by atoms with Gasteiger partial charge in [0.2, 0.25) is 5.82 Å². The first-order valence-electron chi connectivity index (χ1n) is 14.8. The lowest BCUT2D eigenvalue weighted by Gasteiger charge is -2.33. The van der Waals surface area contributed by atoms with Gasteiger partial charge < -0.3 is 9.47 Å². The molecule has 3 aliphatic rings. The van der Waals surface area contributed by atoms with Gasteiger partial charge in [0.15, 0.2) is 17.3 Å². The second kappa shape index (κ2) is 10.6. The van der Waals surface area contributed by atoms with Crippen LogP contribution in [0.4, 0.5) is 13.2 Å². The first-order chi connectivity index (χ1) is 20.6. The van der Waals surface area contributed by atoms with Crippen molar-refractivity contribution >= 4 is 0 Å². The van der Waals surface area contributed by atoms with E-state index < -0.39 is 17.8 Å². The van der Waals surface area contributed by atoms with E-state index >= 15 is 0 Å². The van der Waals surface area contributed by atoms with E-state index in [-0.39, 0.29) is 5.82 Å². The van der Waals surface area contributed by atoms with Crippen LogP contribution in [0.3, 0.4) is 0 Å². The van der Waals surface area contributed by atoms with Gasteiger partial charge in [0.1, 0.15) is 0 Å². The number of ether oxygens (including phenoxy) is 2. The Bertz CT molecular complexity index is 1630. The van der Waals surface area contributed by atoms with E-state index in [1.54, 1.807) is 6.20 Å². The maximum atomic E-state index is 13.0. The number of piperidine rings is 1. The quantitative estimate of drug-likeness (QED) is 0.261. The van der Waals surface area contributed by atoms with E-state index in [0.717, 1.165) is 66.4 Å². The number of para-hydroxylation sites is 1. The standard InChI is InChI=1S/C32H33F3N6O2/c1-19-6-9-24(17-36-19)31(2)42-27-5-3-4-25(28(27)43-31)21-10-12-41(13-11-21)18-26-22(14-20-7-8-20)15-23(16-37-26)29-38-30(40-39-29)32(33,34)35/h3-6,9,15-17,20-21H,7-8,10-14,18H2,1-2H3,(H,38,39,40). The Morgan fingerprint density at radius 2 is 1.84 bits per heavy atom. The van der Waals surface area contributed by atoms with Gasteiger partial charge in [-0.05, 0) is 93.8 Å². The Balaban J connectivity index is 1.04. The van der Waals surface area contributed by atoms with Gasteiger partial charge in [0, 0.05) is 42.7 Å². The normalized spacial score (nSPS) is 21.0. The number of alkyl halides is 3. The molecule has 1 saturated carbocycles. The van der Waals surface area contributed by atoms with E-state index in [1.165, 1.54) is 18.4 Å². The summed E-state index contributed by atoms with van der Waals surface area (Å²) < 4.78 is 52.0. The van der Waals surface area contributed by atoms with Crippen LogP contribution < -0.4 is 9.47 Å². The summed E-state index contributed by atoms with van der Waals surface area (Å²) in [5.74, 6) is 0.498. The highest BCUT2D eigenvalue weighted by atomic mass is 19.4. The average molecular weight is 591 g/mol. The van der Waals surface area contributed by atoms with Gasteiger partial charge in [-0.1, -0.05) is 12.1 Å². The highest BCUT2D eigenvalue weighted by Crippen LogP contribution is 2.49. The van der Waals surface area contributed by atoms with Crippen molar-refractivity contribution in [2.75, 3.05) is 13.1 Å². The van der Waals surface area contributed by atoms with Crippen LogP contribution in [-0.2, 0) is 24.9 Å². The van der Waals surface area contributed by atoms with Gasteiger partial charge in [0.05, 0.1) is 11.3 Å². The zero-order valence-electron chi connectivity index (χ0n) is 24.1. The predicted molar refractivity (Wildman–Crippen MR) is 152 cm³/mol. The molecule has 1 unspecified atom stereocenters. The summed E-state index contributed by atoms with van der Waals surface area (Å²) in [4.78, 5) is 15.2. The fraction of sp³-hybridized carbons (Fsp3) is 0.438. The van der Waals surface area contributed by atoms with E-state index in [4.69, 9.17) is 14.5 Å². The second-order valence-electron chi connectivity index (χ2n) is 12.0. The topological polar surface area (TPSA) is 89.1 Å². The molecule has 11 heteroatoms. The Labute approximate surface area is 247 Å². The van der Waals surface area contributed by atoms with Crippen LogP contribution in [0.2, 0.25) is 0 Å². The van der Waals surface area contributed by atoms with Crippen LogP contribution in [0.25, 0.3) is 11.4 Å².